The van der Waals surface area contributed by atoms with Crippen molar-refractivity contribution in [3.63, 3.8) is 0 Å². The maximum atomic E-state index is 13.4. The Morgan fingerprint density at radius 2 is 1.33 bits per heavy atom. The number of nitrogens with one attached hydrogen (secondary N) is 1. The van der Waals surface area contributed by atoms with Crippen molar-refractivity contribution in [2.75, 3.05) is 32.1 Å². The lowest BCUT2D eigenvalue weighted by atomic mass is 10.2. The fraction of sp³-hybridized carbons (Fsp3) is 0.455. The maximum Gasteiger partial charge on any atom is 0.200 e. The molecule has 0 saturated heterocycles. The van der Waals surface area contributed by atoms with Crippen molar-refractivity contribution in [1.29, 1.82) is 0 Å². The van der Waals surface area contributed by atoms with Gasteiger partial charge in [0.05, 0.1) is 0 Å². The van der Waals surface area contributed by atoms with E-state index in [2.05, 4.69) is 5.32 Å². The molecule has 0 amide bonds. The van der Waals surface area contributed by atoms with Gasteiger partial charge < -0.3 is 10.2 Å². The molecule has 0 fully saturated rings. The molecular formula is C11H13F5N2. The second-order valence-corrected chi connectivity index (χ2v) is 3.80. The van der Waals surface area contributed by atoms with Gasteiger partial charge in [-0.2, -0.15) is 0 Å². The number of halogens is 5. The highest BCUT2D eigenvalue weighted by Crippen LogP contribution is 2.29. The molecule has 0 aliphatic rings. The van der Waals surface area contributed by atoms with E-state index in [-0.39, 0.29) is 6.54 Å². The first-order valence-electron chi connectivity index (χ1n) is 5.29. The third-order valence-corrected chi connectivity index (χ3v) is 2.49. The van der Waals surface area contributed by atoms with Gasteiger partial charge >= 0.3 is 0 Å². The Kier molecular flexibility index (Phi) is 4.89. The van der Waals surface area contributed by atoms with Crippen LogP contribution in [0.1, 0.15) is 6.42 Å². The Bertz CT molecular complexity index is 407. The molecule has 1 aromatic carbocycles. The fourth-order valence-electron chi connectivity index (χ4n) is 1.53. The van der Waals surface area contributed by atoms with Crippen LogP contribution >= 0.6 is 0 Å². The summed E-state index contributed by atoms with van der Waals surface area (Å²) in [5.41, 5.74) is -0.900. The quantitative estimate of drug-likeness (QED) is 0.382. The van der Waals surface area contributed by atoms with E-state index in [1.165, 1.54) is 7.05 Å². The molecule has 1 aromatic rings. The lowest BCUT2D eigenvalue weighted by Crippen LogP contribution is -2.25. The van der Waals surface area contributed by atoms with E-state index < -0.39 is 34.8 Å². The molecule has 0 aliphatic heterocycles. The van der Waals surface area contributed by atoms with E-state index in [9.17, 15) is 22.0 Å². The molecule has 0 atom stereocenters. The number of benzene rings is 1. The summed E-state index contributed by atoms with van der Waals surface area (Å²) in [4.78, 5) is 1.01. The van der Waals surface area contributed by atoms with Crippen LogP contribution in [0, 0.1) is 29.1 Å². The molecule has 0 aliphatic carbocycles. The van der Waals surface area contributed by atoms with Gasteiger partial charge in [0.1, 0.15) is 5.69 Å². The van der Waals surface area contributed by atoms with Gasteiger partial charge in [0.2, 0.25) is 5.82 Å². The lowest BCUT2D eigenvalue weighted by Gasteiger charge is -2.21. The van der Waals surface area contributed by atoms with Gasteiger partial charge in [-0.25, -0.2) is 22.0 Å². The first-order chi connectivity index (χ1) is 8.41. The molecule has 0 heterocycles. The summed E-state index contributed by atoms with van der Waals surface area (Å²) in [7, 11) is 2.96. The van der Waals surface area contributed by atoms with Gasteiger partial charge in [-0.05, 0) is 20.0 Å². The molecule has 0 radical (unpaired) electrons. The summed E-state index contributed by atoms with van der Waals surface area (Å²) in [5.74, 6) is -9.61. The Morgan fingerprint density at radius 1 is 0.889 bits per heavy atom. The Morgan fingerprint density at radius 3 is 1.78 bits per heavy atom. The summed E-state index contributed by atoms with van der Waals surface area (Å²) in [5, 5.41) is 2.81. The monoisotopic (exact) mass is 268 g/mol. The SMILES string of the molecule is CNCCCN(C)c1c(F)c(F)c(F)c(F)c1F. The summed E-state index contributed by atoms with van der Waals surface area (Å²) in [6.45, 7) is 0.735. The van der Waals surface area contributed by atoms with Crippen LogP contribution in [-0.2, 0) is 0 Å². The van der Waals surface area contributed by atoms with E-state index in [0.717, 1.165) is 4.90 Å². The predicted molar refractivity (Wildman–Crippen MR) is 58.0 cm³/mol. The molecule has 0 bridgehead atoms. The first kappa shape index (κ1) is 14.7. The van der Waals surface area contributed by atoms with Crippen molar-refractivity contribution in [2.45, 2.75) is 6.42 Å². The zero-order valence-electron chi connectivity index (χ0n) is 9.96. The fourth-order valence-corrected chi connectivity index (χ4v) is 1.53. The molecule has 0 aromatic heterocycles. The largest absolute Gasteiger partial charge is 0.370 e. The van der Waals surface area contributed by atoms with Crippen LogP contribution < -0.4 is 10.2 Å². The Labute approximate surface area is 101 Å². The van der Waals surface area contributed by atoms with Gasteiger partial charge in [0.15, 0.2) is 23.3 Å². The number of nitrogens with zero attached hydrogens (tertiary/aromatic N) is 1. The number of anilines is 1. The second kappa shape index (κ2) is 5.99. The third-order valence-electron chi connectivity index (χ3n) is 2.49. The molecule has 1 N–H and O–H groups in total. The van der Waals surface area contributed by atoms with Crippen molar-refractivity contribution in [3.05, 3.63) is 29.1 Å². The average molecular weight is 268 g/mol. The van der Waals surface area contributed by atoms with Crippen molar-refractivity contribution in [3.8, 4) is 0 Å². The maximum absolute atomic E-state index is 13.4. The molecular weight excluding hydrogens is 255 g/mol. The van der Waals surface area contributed by atoms with Crippen LogP contribution in [0.5, 0.6) is 0 Å². The van der Waals surface area contributed by atoms with E-state index in [0.29, 0.717) is 13.0 Å². The van der Waals surface area contributed by atoms with E-state index >= 15 is 0 Å². The molecule has 0 unspecified atom stereocenters. The predicted octanol–water partition coefficient (Wildman–Crippen LogP) is 2.43. The van der Waals surface area contributed by atoms with Crippen LogP contribution in [0.15, 0.2) is 0 Å². The van der Waals surface area contributed by atoms with Crippen molar-refractivity contribution >= 4 is 5.69 Å². The molecule has 102 valence electrons. The minimum absolute atomic E-state index is 0.166. The van der Waals surface area contributed by atoms with Crippen LogP contribution in [0.25, 0.3) is 0 Å². The lowest BCUT2D eigenvalue weighted by molar-refractivity contribution is 0.378. The molecule has 7 heteroatoms. The highest BCUT2D eigenvalue weighted by Gasteiger charge is 2.27. The van der Waals surface area contributed by atoms with Crippen LogP contribution in [0.4, 0.5) is 27.6 Å². The van der Waals surface area contributed by atoms with Crippen LogP contribution in [0.2, 0.25) is 0 Å². The molecule has 0 spiro atoms. The van der Waals surface area contributed by atoms with Crippen LogP contribution in [0.3, 0.4) is 0 Å². The smallest absolute Gasteiger partial charge is 0.200 e. The zero-order valence-corrected chi connectivity index (χ0v) is 9.96. The van der Waals surface area contributed by atoms with E-state index in [1.807, 2.05) is 0 Å². The standard InChI is InChI=1S/C11H13F5N2/c1-17-4-3-5-18(2)11-9(15)7(13)6(12)8(14)10(11)16/h17H,3-5H2,1-2H3. The second-order valence-electron chi connectivity index (χ2n) is 3.80. The Hall–Kier alpha value is -1.37. The number of hydrogen-bond donors (Lipinski definition) is 1. The molecule has 18 heavy (non-hydrogen) atoms. The van der Waals surface area contributed by atoms with Gasteiger partial charge in [-0.3, -0.25) is 0 Å². The first-order valence-corrected chi connectivity index (χ1v) is 5.29. The van der Waals surface area contributed by atoms with Crippen LogP contribution in [-0.4, -0.2) is 27.2 Å². The van der Waals surface area contributed by atoms with Gasteiger partial charge in [-0.1, -0.05) is 0 Å². The number of rotatable bonds is 5. The van der Waals surface area contributed by atoms with Crippen molar-refractivity contribution in [1.82, 2.24) is 5.32 Å². The molecule has 1 rings (SSSR count). The van der Waals surface area contributed by atoms with E-state index in [1.54, 1.807) is 7.05 Å². The molecule has 0 saturated carbocycles. The normalized spacial score (nSPS) is 10.8. The minimum atomic E-state index is -2.14. The average Bonchev–Trinajstić information content (AvgIpc) is 2.34. The van der Waals surface area contributed by atoms with Crippen molar-refractivity contribution < 1.29 is 22.0 Å². The summed E-state index contributed by atoms with van der Waals surface area (Å²) < 4.78 is 65.5. The third kappa shape index (κ3) is 2.72. The highest BCUT2D eigenvalue weighted by molar-refractivity contribution is 5.49. The zero-order chi connectivity index (χ0) is 13.9. The summed E-state index contributed by atoms with van der Waals surface area (Å²) >= 11 is 0. The van der Waals surface area contributed by atoms with E-state index in [4.69, 9.17) is 0 Å². The van der Waals surface area contributed by atoms with Gasteiger partial charge in [0.25, 0.3) is 0 Å². The summed E-state index contributed by atoms with van der Waals surface area (Å²) in [6, 6.07) is 0. The highest BCUT2D eigenvalue weighted by atomic mass is 19.2. The van der Waals surface area contributed by atoms with Crippen molar-refractivity contribution in [2.24, 2.45) is 0 Å². The molecule has 2 nitrogen and oxygen atoms in total. The minimum Gasteiger partial charge on any atom is -0.370 e. The van der Waals surface area contributed by atoms with Gasteiger partial charge in [0, 0.05) is 13.6 Å². The Balaban J connectivity index is 3.08. The topological polar surface area (TPSA) is 15.3 Å². The van der Waals surface area contributed by atoms with Gasteiger partial charge in [-0.15, -0.1) is 0 Å². The number of hydrogen-bond acceptors (Lipinski definition) is 2. The summed E-state index contributed by atoms with van der Waals surface area (Å²) in [6.07, 6.45) is 0.506.